The van der Waals surface area contributed by atoms with Gasteiger partial charge in [0.1, 0.15) is 11.6 Å². The fourth-order valence-electron chi connectivity index (χ4n) is 1.32. The number of carbonyl (C=O) groups is 1. The zero-order valence-corrected chi connectivity index (χ0v) is 7.00. The number of fused-ring (bicyclic) bond motifs is 1. The van der Waals surface area contributed by atoms with Crippen molar-refractivity contribution in [3.05, 3.63) is 41.2 Å². The summed E-state index contributed by atoms with van der Waals surface area (Å²) in [4.78, 5) is 11.2. The fourth-order valence-corrected chi connectivity index (χ4v) is 1.32. The molecule has 1 aliphatic rings. The second-order valence-electron chi connectivity index (χ2n) is 2.73. The number of rotatable bonds is 0. The molecule has 1 aromatic rings. The number of halogens is 1. The van der Waals surface area contributed by atoms with E-state index in [2.05, 4.69) is 0 Å². The maximum atomic E-state index is 12.8. The average Bonchev–Trinajstić information content (AvgIpc) is 2.42. The molecule has 0 spiro atoms. The first-order chi connectivity index (χ1) is 6.22. The van der Waals surface area contributed by atoms with Gasteiger partial charge in [0, 0.05) is 5.56 Å². The topological polar surface area (TPSA) is 26.3 Å². The summed E-state index contributed by atoms with van der Waals surface area (Å²) >= 11 is 0. The van der Waals surface area contributed by atoms with Crippen molar-refractivity contribution < 1.29 is 13.9 Å². The molecule has 0 aromatic heterocycles. The second kappa shape index (κ2) is 2.69. The standard InChI is InChI=1S/C10H7FO2/c1-2-9-8-5-6(11)3-4-7(8)10(12)13-9/h2-5H,1H3. The molecule has 0 atom stereocenters. The lowest BCUT2D eigenvalue weighted by Gasteiger charge is -1.95. The van der Waals surface area contributed by atoms with Crippen LogP contribution in [0.2, 0.25) is 0 Å². The highest BCUT2D eigenvalue weighted by Crippen LogP contribution is 2.29. The van der Waals surface area contributed by atoms with E-state index < -0.39 is 5.97 Å². The van der Waals surface area contributed by atoms with Crippen LogP contribution in [0.5, 0.6) is 0 Å². The summed E-state index contributed by atoms with van der Waals surface area (Å²) in [5, 5.41) is 0. The molecule has 0 radical (unpaired) electrons. The Hall–Kier alpha value is -1.64. The summed E-state index contributed by atoms with van der Waals surface area (Å²) in [6.07, 6.45) is 1.64. The molecular formula is C10H7FO2. The van der Waals surface area contributed by atoms with E-state index in [1.807, 2.05) is 0 Å². The van der Waals surface area contributed by atoms with E-state index in [1.165, 1.54) is 18.2 Å². The Kier molecular flexibility index (Phi) is 1.65. The smallest absolute Gasteiger partial charge is 0.344 e. The van der Waals surface area contributed by atoms with Gasteiger partial charge >= 0.3 is 5.97 Å². The molecule has 1 heterocycles. The van der Waals surface area contributed by atoms with Gasteiger partial charge in [-0.05, 0) is 31.2 Å². The Labute approximate surface area is 74.6 Å². The Balaban J connectivity index is 2.66. The first-order valence-corrected chi connectivity index (χ1v) is 3.91. The molecule has 13 heavy (non-hydrogen) atoms. The Morgan fingerprint density at radius 1 is 1.38 bits per heavy atom. The normalized spacial score (nSPS) is 17.4. The van der Waals surface area contributed by atoms with Crippen LogP contribution in [0, 0.1) is 5.82 Å². The van der Waals surface area contributed by atoms with Crippen molar-refractivity contribution >= 4 is 11.7 Å². The molecule has 0 fully saturated rings. The summed E-state index contributed by atoms with van der Waals surface area (Å²) in [5.74, 6) is -0.348. The van der Waals surface area contributed by atoms with Crippen LogP contribution in [-0.4, -0.2) is 5.97 Å². The molecule has 0 N–H and O–H groups in total. The molecule has 0 saturated heterocycles. The van der Waals surface area contributed by atoms with Crippen LogP contribution in [0.3, 0.4) is 0 Å². The molecule has 3 heteroatoms. The molecule has 2 rings (SSSR count). The van der Waals surface area contributed by atoms with Gasteiger partial charge < -0.3 is 4.74 Å². The van der Waals surface area contributed by atoms with Gasteiger partial charge in [-0.1, -0.05) is 0 Å². The van der Waals surface area contributed by atoms with E-state index in [-0.39, 0.29) is 5.82 Å². The molecule has 0 amide bonds. The largest absolute Gasteiger partial charge is 0.423 e. The Bertz CT molecular complexity index is 407. The van der Waals surface area contributed by atoms with Gasteiger partial charge in [-0.3, -0.25) is 0 Å². The minimum Gasteiger partial charge on any atom is -0.423 e. The third kappa shape index (κ3) is 1.13. The molecule has 0 bridgehead atoms. The van der Waals surface area contributed by atoms with Crippen LogP contribution < -0.4 is 0 Å². The number of allylic oxidation sites excluding steroid dienone is 1. The summed E-state index contributed by atoms with van der Waals surface area (Å²) < 4.78 is 17.7. The lowest BCUT2D eigenvalue weighted by atomic mass is 10.1. The predicted molar refractivity (Wildman–Crippen MR) is 45.5 cm³/mol. The minimum atomic E-state index is -0.414. The molecule has 0 unspecified atom stereocenters. The first-order valence-electron chi connectivity index (χ1n) is 3.91. The van der Waals surface area contributed by atoms with E-state index in [4.69, 9.17) is 4.74 Å². The number of hydrogen-bond acceptors (Lipinski definition) is 2. The van der Waals surface area contributed by atoms with Crippen molar-refractivity contribution in [3.63, 3.8) is 0 Å². The Morgan fingerprint density at radius 2 is 2.15 bits per heavy atom. The zero-order valence-electron chi connectivity index (χ0n) is 7.00. The number of esters is 1. The maximum Gasteiger partial charge on any atom is 0.344 e. The zero-order chi connectivity index (χ0) is 9.42. The molecule has 66 valence electrons. The SMILES string of the molecule is CC=C1OC(=O)c2ccc(F)cc21. The van der Waals surface area contributed by atoms with Crippen LogP contribution in [-0.2, 0) is 4.74 Å². The fraction of sp³-hybridized carbons (Fsp3) is 0.100. The molecule has 1 aromatic carbocycles. The number of ether oxygens (including phenoxy) is 1. The van der Waals surface area contributed by atoms with E-state index in [1.54, 1.807) is 13.0 Å². The lowest BCUT2D eigenvalue weighted by Crippen LogP contribution is -1.92. The van der Waals surface area contributed by atoms with Gasteiger partial charge in [-0.2, -0.15) is 0 Å². The van der Waals surface area contributed by atoms with Crippen molar-refractivity contribution in [2.24, 2.45) is 0 Å². The van der Waals surface area contributed by atoms with Crippen LogP contribution in [0.15, 0.2) is 24.3 Å². The van der Waals surface area contributed by atoms with Gasteiger partial charge in [0.15, 0.2) is 0 Å². The van der Waals surface area contributed by atoms with E-state index in [0.717, 1.165) is 0 Å². The van der Waals surface area contributed by atoms with Crippen LogP contribution in [0.25, 0.3) is 5.76 Å². The maximum absolute atomic E-state index is 12.8. The minimum absolute atomic E-state index is 0.364. The van der Waals surface area contributed by atoms with E-state index in [9.17, 15) is 9.18 Å². The first kappa shape index (κ1) is 7.98. The molecular weight excluding hydrogens is 171 g/mol. The van der Waals surface area contributed by atoms with Crippen molar-refractivity contribution in [2.45, 2.75) is 6.92 Å². The molecule has 0 aliphatic carbocycles. The highest BCUT2D eigenvalue weighted by Gasteiger charge is 2.25. The van der Waals surface area contributed by atoms with E-state index in [0.29, 0.717) is 16.9 Å². The van der Waals surface area contributed by atoms with Crippen LogP contribution >= 0.6 is 0 Å². The second-order valence-corrected chi connectivity index (χ2v) is 2.73. The van der Waals surface area contributed by atoms with Crippen molar-refractivity contribution in [1.29, 1.82) is 0 Å². The van der Waals surface area contributed by atoms with Gasteiger partial charge in [0.25, 0.3) is 0 Å². The van der Waals surface area contributed by atoms with Crippen LogP contribution in [0.1, 0.15) is 22.8 Å². The highest BCUT2D eigenvalue weighted by molar-refractivity contribution is 6.02. The Morgan fingerprint density at radius 3 is 2.85 bits per heavy atom. The van der Waals surface area contributed by atoms with Gasteiger partial charge in [-0.25, -0.2) is 9.18 Å². The van der Waals surface area contributed by atoms with Gasteiger partial charge in [0.2, 0.25) is 0 Å². The van der Waals surface area contributed by atoms with Gasteiger partial charge in [0.05, 0.1) is 5.56 Å². The summed E-state index contributed by atoms with van der Waals surface area (Å²) in [7, 11) is 0. The number of carbonyl (C=O) groups excluding carboxylic acids is 1. The highest BCUT2D eigenvalue weighted by atomic mass is 19.1. The number of hydrogen-bond donors (Lipinski definition) is 0. The lowest BCUT2D eigenvalue weighted by molar-refractivity contribution is 0.0715. The molecule has 0 saturated carbocycles. The third-order valence-corrected chi connectivity index (χ3v) is 1.93. The average molecular weight is 178 g/mol. The quantitative estimate of drug-likeness (QED) is 0.570. The summed E-state index contributed by atoms with van der Waals surface area (Å²) in [5.41, 5.74) is 0.960. The predicted octanol–water partition coefficient (Wildman–Crippen LogP) is 2.36. The van der Waals surface area contributed by atoms with Crippen molar-refractivity contribution in [2.75, 3.05) is 0 Å². The number of benzene rings is 1. The summed E-state index contributed by atoms with van der Waals surface area (Å²) in [6.45, 7) is 1.74. The van der Waals surface area contributed by atoms with Crippen molar-refractivity contribution in [3.8, 4) is 0 Å². The molecule has 2 nitrogen and oxygen atoms in total. The third-order valence-electron chi connectivity index (χ3n) is 1.93. The summed E-state index contributed by atoms with van der Waals surface area (Å²) in [6, 6.07) is 3.98. The monoisotopic (exact) mass is 178 g/mol. The van der Waals surface area contributed by atoms with Crippen LogP contribution in [0.4, 0.5) is 4.39 Å². The molecule has 1 aliphatic heterocycles. The number of cyclic esters (lactones) is 1. The van der Waals surface area contributed by atoms with E-state index >= 15 is 0 Å². The van der Waals surface area contributed by atoms with Gasteiger partial charge in [-0.15, -0.1) is 0 Å². The van der Waals surface area contributed by atoms with Crippen molar-refractivity contribution in [1.82, 2.24) is 0 Å².